The van der Waals surface area contributed by atoms with Gasteiger partial charge in [-0.05, 0) is 26.3 Å². The summed E-state index contributed by atoms with van der Waals surface area (Å²) < 4.78 is 0. The molecule has 0 spiro atoms. The van der Waals surface area contributed by atoms with Gasteiger partial charge >= 0.3 is 0 Å². The molecule has 1 fully saturated rings. The molecule has 0 saturated carbocycles. The molecule has 7 heteroatoms. The van der Waals surface area contributed by atoms with Gasteiger partial charge in [0.25, 0.3) is 0 Å². The van der Waals surface area contributed by atoms with Crippen molar-refractivity contribution in [2.45, 2.75) is 25.3 Å². The van der Waals surface area contributed by atoms with Crippen molar-refractivity contribution >= 4 is 28.3 Å². The lowest BCUT2D eigenvalue weighted by Crippen LogP contribution is -2.51. The number of carbonyl (C=O) groups excluding carboxylic acids is 2. The van der Waals surface area contributed by atoms with Gasteiger partial charge in [0.05, 0.1) is 11.7 Å². The second kappa shape index (κ2) is 4.90. The Morgan fingerprint density at radius 1 is 1.37 bits per heavy atom. The summed E-state index contributed by atoms with van der Waals surface area (Å²) >= 11 is 1.61. The smallest absolute Gasteiger partial charge is 0.246 e. The summed E-state index contributed by atoms with van der Waals surface area (Å²) in [5, 5.41) is 6.37. The quantitative estimate of drug-likeness (QED) is 0.757. The molecule has 0 bridgehead atoms. The van der Waals surface area contributed by atoms with Gasteiger partial charge in [-0.15, -0.1) is 11.3 Å². The number of fused-ring (bicyclic) bond motifs is 1. The maximum Gasteiger partial charge on any atom is 0.246 e. The van der Waals surface area contributed by atoms with Crippen LogP contribution in [-0.4, -0.2) is 36.9 Å². The molecular weight excluding hydrogens is 264 g/mol. The van der Waals surface area contributed by atoms with Gasteiger partial charge in [0.2, 0.25) is 11.8 Å². The Hall–Kier alpha value is -1.47. The summed E-state index contributed by atoms with van der Waals surface area (Å²) in [6.45, 7) is 0.421. The SMILES string of the molecule is CNC1CCCc2sc(N3CC(=O)NC(=O)C3)nc21. The van der Waals surface area contributed by atoms with Crippen LogP contribution in [0.15, 0.2) is 0 Å². The zero-order valence-electron chi connectivity index (χ0n) is 10.7. The third kappa shape index (κ3) is 2.35. The number of aryl methyl sites for hydroxylation is 1. The predicted octanol–water partition coefficient (Wildman–Crippen LogP) is 0.203. The number of anilines is 1. The number of amides is 2. The first-order valence-corrected chi connectivity index (χ1v) is 7.23. The van der Waals surface area contributed by atoms with Crippen molar-refractivity contribution in [3.63, 3.8) is 0 Å². The molecule has 1 atom stereocenters. The van der Waals surface area contributed by atoms with Crippen LogP contribution in [0.3, 0.4) is 0 Å². The molecule has 1 aromatic rings. The minimum absolute atomic E-state index is 0.211. The van der Waals surface area contributed by atoms with Gasteiger partial charge in [0, 0.05) is 4.88 Å². The van der Waals surface area contributed by atoms with E-state index in [0.29, 0.717) is 6.04 Å². The highest BCUT2D eigenvalue weighted by Gasteiger charge is 2.29. The molecule has 2 amide bonds. The maximum absolute atomic E-state index is 11.4. The van der Waals surface area contributed by atoms with Crippen LogP contribution in [0.2, 0.25) is 0 Å². The number of aromatic nitrogens is 1. The number of piperazine rings is 1. The third-order valence-corrected chi connectivity index (χ3v) is 4.70. The molecule has 6 nitrogen and oxygen atoms in total. The molecule has 2 aliphatic rings. The van der Waals surface area contributed by atoms with Crippen LogP contribution in [0.25, 0.3) is 0 Å². The molecule has 2 N–H and O–H groups in total. The zero-order chi connectivity index (χ0) is 13.4. The van der Waals surface area contributed by atoms with E-state index in [-0.39, 0.29) is 24.9 Å². The average molecular weight is 280 g/mol. The van der Waals surface area contributed by atoms with Crippen molar-refractivity contribution in [2.24, 2.45) is 0 Å². The first-order valence-electron chi connectivity index (χ1n) is 6.42. The Kier molecular flexibility index (Phi) is 3.24. The number of nitrogens with zero attached hydrogens (tertiary/aromatic N) is 2. The minimum atomic E-state index is -0.255. The fraction of sp³-hybridized carbons (Fsp3) is 0.583. The Morgan fingerprint density at radius 2 is 2.11 bits per heavy atom. The molecule has 3 rings (SSSR count). The minimum Gasteiger partial charge on any atom is -0.329 e. The largest absolute Gasteiger partial charge is 0.329 e. The van der Waals surface area contributed by atoms with Crippen LogP contribution in [0.1, 0.15) is 29.5 Å². The van der Waals surface area contributed by atoms with Crippen LogP contribution in [0.5, 0.6) is 0 Å². The predicted molar refractivity (Wildman–Crippen MR) is 72.2 cm³/mol. The molecule has 1 unspecified atom stereocenters. The highest BCUT2D eigenvalue weighted by atomic mass is 32.1. The van der Waals surface area contributed by atoms with Crippen LogP contribution in [-0.2, 0) is 16.0 Å². The lowest BCUT2D eigenvalue weighted by molar-refractivity contribution is -0.130. The summed E-state index contributed by atoms with van der Waals surface area (Å²) in [6.07, 6.45) is 3.28. The van der Waals surface area contributed by atoms with Crippen molar-refractivity contribution in [1.82, 2.24) is 15.6 Å². The van der Waals surface area contributed by atoms with Crippen molar-refractivity contribution in [2.75, 3.05) is 25.0 Å². The molecule has 102 valence electrons. The van der Waals surface area contributed by atoms with Crippen LogP contribution < -0.4 is 15.5 Å². The van der Waals surface area contributed by atoms with Crippen LogP contribution in [0.4, 0.5) is 5.13 Å². The Morgan fingerprint density at radius 3 is 2.79 bits per heavy atom. The molecule has 1 aliphatic heterocycles. The van der Waals surface area contributed by atoms with Crippen LogP contribution in [0, 0.1) is 0 Å². The molecule has 1 aromatic heterocycles. The van der Waals surface area contributed by atoms with Gasteiger partial charge in [-0.1, -0.05) is 0 Å². The lowest BCUT2D eigenvalue weighted by atomic mass is 9.98. The van der Waals surface area contributed by atoms with Crippen molar-refractivity contribution in [1.29, 1.82) is 0 Å². The normalized spacial score (nSPS) is 23.2. The summed E-state index contributed by atoms with van der Waals surface area (Å²) in [7, 11) is 1.94. The topological polar surface area (TPSA) is 74.3 Å². The van der Waals surface area contributed by atoms with Crippen molar-refractivity contribution in [3.05, 3.63) is 10.6 Å². The van der Waals surface area contributed by atoms with E-state index < -0.39 is 0 Å². The number of imide groups is 1. The van der Waals surface area contributed by atoms with E-state index in [1.54, 1.807) is 16.2 Å². The number of carbonyl (C=O) groups is 2. The van der Waals surface area contributed by atoms with Gasteiger partial charge in [0.1, 0.15) is 13.1 Å². The van der Waals surface area contributed by atoms with E-state index in [0.717, 1.165) is 30.1 Å². The highest BCUT2D eigenvalue weighted by molar-refractivity contribution is 7.15. The fourth-order valence-corrected chi connectivity index (χ4v) is 3.76. The number of rotatable bonds is 2. The maximum atomic E-state index is 11.4. The van der Waals surface area contributed by atoms with Gasteiger partial charge in [-0.25, -0.2) is 4.98 Å². The van der Waals surface area contributed by atoms with Crippen molar-refractivity contribution < 1.29 is 9.59 Å². The van der Waals surface area contributed by atoms with Gasteiger partial charge in [-0.3, -0.25) is 14.9 Å². The molecule has 2 heterocycles. The molecule has 1 saturated heterocycles. The van der Waals surface area contributed by atoms with E-state index in [2.05, 4.69) is 15.6 Å². The van der Waals surface area contributed by atoms with Gasteiger partial charge in [-0.2, -0.15) is 0 Å². The second-order valence-corrected chi connectivity index (χ2v) is 5.93. The van der Waals surface area contributed by atoms with E-state index >= 15 is 0 Å². The Balaban J connectivity index is 1.88. The average Bonchev–Trinajstić information content (AvgIpc) is 2.81. The number of hydrogen-bond acceptors (Lipinski definition) is 6. The van der Waals surface area contributed by atoms with E-state index in [1.807, 2.05) is 7.05 Å². The molecule has 0 aromatic carbocycles. The first kappa shape index (κ1) is 12.6. The fourth-order valence-electron chi connectivity index (χ4n) is 2.59. The molecule has 1 aliphatic carbocycles. The Labute approximate surface area is 115 Å². The summed E-state index contributed by atoms with van der Waals surface area (Å²) in [5.41, 5.74) is 1.09. The standard InChI is InChI=1S/C12H16N4O2S/c1-13-7-3-2-4-8-11(7)15-12(19-8)16-5-9(17)14-10(18)6-16/h7,13H,2-6H2,1H3,(H,14,17,18). The molecule has 19 heavy (non-hydrogen) atoms. The Bertz CT molecular complexity index is 512. The molecule has 0 radical (unpaired) electrons. The van der Waals surface area contributed by atoms with E-state index in [9.17, 15) is 9.59 Å². The summed E-state index contributed by atoms with van der Waals surface area (Å²) in [6, 6.07) is 0.295. The first-order chi connectivity index (χ1) is 9.17. The molecular formula is C12H16N4O2S. The lowest BCUT2D eigenvalue weighted by Gasteiger charge is -2.24. The number of hydrogen-bond donors (Lipinski definition) is 2. The van der Waals surface area contributed by atoms with Gasteiger partial charge in [0.15, 0.2) is 5.13 Å². The monoisotopic (exact) mass is 280 g/mol. The number of thiazole rings is 1. The summed E-state index contributed by atoms with van der Waals surface area (Å²) in [5.74, 6) is -0.510. The highest BCUT2D eigenvalue weighted by Crippen LogP contribution is 2.36. The van der Waals surface area contributed by atoms with Crippen molar-refractivity contribution in [3.8, 4) is 0 Å². The summed E-state index contributed by atoms with van der Waals surface area (Å²) in [4.78, 5) is 30.5. The second-order valence-electron chi connectivity index (χ2n) is 4.87. The third-order valence-electron chi connectivity index (χ3n) is 3.51. The number of nitrogens with one attached hydrogen (secondary N) is 2. The van der Waals surface area contributed by atoms with E-state index in [1.165, 1.54) is 4.88 Å². The zero-order valence-corrected chi connectivity index (χ0v) is 11.5. The van der Waals surface area contributed by atoms with Crippen LogP contribution >= 0.6 is 11.3 Å². The van der Waals surface area contributed by atoms with Gasteiger partial charge < -0.3 is 10.2 Å². The van der Waals surface area contributed by atoms with E-state index in [4.69, 9.17) is 0 Å².